The van der Waals surface area contributed by atoms with E-state index in [0.717, 1.165) is 6.20 Å². The molecule has 0 fully saturated rings. The number of pyridine rings is 1. The number of carbonyl (C=O) groups is 1. The van der Waals surface area contributed by atoms with Crippen molar-refractivity contribution in [1.29, 1.82) is 0 Å². The van der Waals surface area contributed by atoms with Crippen molar-refractivity contribution in [1.82, 2.24) is 4.98 Å². The minimum absolute atomic E-state index is 0.0536. The van der Waals surface area contributed by atoms with E-state index in [2.05, 4.69) is 25.7 Å². The van der Waals surface area contributed by atoms with Gasteiger partial charge in [0.15, 0.2) is 0 Å². The van der Waals surface area contributed by atoms with Crippen molar-refractivity contribution in [2.24, 2.45) is 0 Å². The second-order valence-corrected chi connectivity index (χ2v) is 4.21. The molecule has 9 heteroatoms. The Labute approximate surface area is 115 Å². The third-order valence-corrected chi connectivity index (χ3v) is 2.73. The first-order valence-corrected chi connectivity index (χ1v) is 5.93. The van der Waals surface area contributed by atoms with Crippen LogP contribution in [-0.2, 0) is 16.0 Å². The molecular weight excluding hydrogens is 330 g/mol. The van der Waals surface area contributed by atoms with Gasteiger partial charge in [-0.1, -0.05) is 0 Å². The highest BCUT2D eigenvalue weighted by Crippen LogP contribution is 2.34. The summed E-state index contributed by atoms with van der Waals surface area (Å²) in [7, 11) is 0. The molecule has 0 aliphatic carbocycles. The van der Waals surface area contributed by atoms with Gasteiger partial charge in [0.05, 0.1) is 23.5 Å². The van der Waals surface area contributed by atoms with Gasteiger partial charge in [-0.3, -0.25) is 19.9 Å². The van der Waals surface area contributed by atoms with Gasteiger partial charge in [0.2, 0.25) is 0 Å². The molecule has 0 aliphatic heterocycles. The first kappa shape index (κ1) is 15.4. The maximum atomic E-state index is 12.8. The average Bonchev–Trinajstić information content (AvgIpc) is 2.28. The van der Waals surface area contributed by atoms with Crippen molar-refractivity contribution in [2.45, 2.75) is 19.8 Å². The lowest BCUT2D eigenvalue weighted by molar-refractivity contribution is -0.386. The molecule has 0 saturated carbocycles. The van der Waals surface area contributed by atoms with Crippen LogP contribution in [0.25, 0.3) is 0 Å². The number of esters is 1. The Kier molecular flexibility index (Phi) is 5.28. The molecule has 0 radical (unpaired) electrons. The van der Waals surface area contributed by atoms with Crippen LogP contribution in [0.15, 0.2) is 10.7 Å². The summed E-state index contributed by atoms with van der Waals surface area (Å²) in [6.45, 7) is 1.59. The molecule has 0 atom stereocenters. The summed E-state index contributed by atoms with van der Waals surface area (Å²) >= 11 is 2.86. The van der Waals surface area contributed by atoms with Crippen LogP contribution in [0.2, 0.25) is 0 Å². The standard InChI is InChI=1S/C10H9BrF2N2O4/c1-2-19-7(16)3-5-8(10(12)13)14-4-6(11)9(5)15(17)18/h4,10H,2-3H2,1H3. The van der Waals surface area contributed by atoms with Crippen molar-refractivity contribution in [3.05, 3.63) is 32.0 Å². The van der Waals surface area contributed by atoms with E-state index in [1.165, 1.54) is 0 Å². The molecule has 0 N–H and O–H groups in total. The summed E-state index contributed by atoms with van der Waals surface area (Å²) in [5.74, 6) is -0.826. The van der Waals surface area contributed by atoms with Gasteiger partial charge in [0.25, 0.3) is 12.1 Å². The maximum absolute atomic E-state index is 12.8. The van der Waals surface area contributed by atoms with Crippen LogP contribution in [-0.4, -0.2) is 22.5 Å². The molecule has 19 heavy (non-hydrogen) atoms. The number of alkyl halides is 2. The molecule has 1 aromatic heterocycles. The number of carbonyl (C=O) groups excluding carboxylic acids is 1. The SMILES string of the molecule is CCOC(=O)Cc1c(C(F)F)ncc(Br)c1[N+](=O)[O-]. The molecule has 0 amide bonds. The van der Waals surface area contributed by atoms with Gasteiger partial charge >= 0.3 is 5.97 Å². The third kappa shape index (κ3) is 3.66. The summed E-state index contributed by atoms with van der Waals surface area (Å²) in [5.41, 5.74) is -1.82. The molecule has 0 aromatic carbocycles. The monoisotopic (exact) mass is 338 g/mol. The smallest absolute Gasteiger partial charge is 0.310 e. The van der Waals surface area contributed by atoms with Gasteiger partial charge in [-0.2, -0.15) is 0 Å². The van der Waals surface area contributed by atoms with Crippen LogP contribution < -0.4 is 0 Å². The van der Waals surface area contributed by atoms with Gasteiger partial charge in [-0.05, 0) is 22.9 Å². The van der Waals surface area contributed by atoms with Gasteiger partial charge in [0, 0.05) is 6.20 Å². The Morgan fingerprint density at radius 2 is 2.26 bits per heavy atom. The van der Waals surface area contributed by atoms with Gasteiger partial charge in [-0.25, -0.2) is 8.78 Å². The number of aromatic nitrogens is 1. The van der Waals surface area contributed by atoms with Crippen LogP contribution in [0.4, 0.5) is 14.5 Å². The number of nitrogens with zero attached hydrogens (tertiary/aromatic N) is 2. The van der Waals surface area contributed by atoms with Crippen LogP contribution in [0, 0.1) is 10.1 Å². The second-order valence-electron chi connectivity index (χ2n) is 3.36. The summed E-state index contributed by atoms with van der Waals surface area (Å²) < 4.78 is 30.1. The lowest BCUT2D eigenvalue weighted by Crippen LogP contribution is -2.13. The molecular formula is C10H9BrF2N2O4. The topological polar surface area (TPSA) is 82.3 Å². The van der Waals surface area contributed by atoms with Crippen LogP contribution in [0.5, 0.6) is 0 Å². The van der Waals surface area contributed by atoms with E-state index in [-0.39, 0.29) is 11.1 Å². The van der Waals surface area contributed by atoms with Crippen molar-refractivity contribution >= 4 is 27.6 Å². The number of hydrogen-bond acceptors (Lipinski definition) is 5. The first-order valence-electron chi connectivity index (χ1n) is 5.13. The number of halogens is 3. The maximum Gasteiger partial charge on any atom is 0.310 e. The number of nitro groups is 1. The van der Waals surface area contributed by atoms with Crippen LogP contribution in [0.1, 0.15) is 24.6 Å². The van der Waals surface area contributed by atoms with Crippen molar-refractivity contribution in [3.8, 4) is 0 Å². The van der Waals surface area contributed by atoms with E-state index >= 15 is 0 Å². The Morgan fingerprint density at radius 3 is 2.74 bits per heavy atom. The fraction of sp³-hybridized carbons (Fsp3) is 0.400. The third-order valence-electron chi connectivity index (χ3n) is 2.15. The molecule has 0 unspecified atom stereocenters. The Balaban J connectivity index is 3.33. The van der Waals surface area contributed by atoms with Crippen molar-refractivity contribution in [2.75, 3.05) is 6.61 Å². The van der Waals surface area contributed by atoms with E-state index in [1.54, 1.807) is 6.92 Å². The van der Waals surface area contributed by atoms with Crippen LogP contribution >= 0.6 is 15.9 Å². The predicted molar refractivity (Wildman–Crippen MR) is 63.9 cm³/mol. The Morgan fingerprint density at radius 1 is 1.63 bits per heavy atom. The van der Waals surface area contributed by atoms with E-state index in [9.17, 15) is 23.7 Å². The highest BCUT2D eigenvalue weighted by molar-refractivity contribution is 9.10. The molecule has 104 valence electrons. The van der Waals surface area contributed by atoms with E-state index in [1.807, 2.05) is 0 Å². The lowest BCUT2D eigenvalue weighted by Gasteiger charge is -2.09. The fourth-order valence-corrected chi connectivity index (χ4v) is 1.93. The van der Waals surface area contributed by atoms with Gasteiger partial charge < -0.3 is 4.74 Å². The van der Waals surface area contributed by atoms with Crippen LogP contribution in [0.3, 0.4) is 0 Å². The zero-order valence-corrected chi connectivity index (χ0v) is 11.3. The lowest BCUT2D eigenvalue weighted by atomic mass is 10.1. The molecule has 1 aromatic rings. The van der Waals surface area contributed by atoms with Crippen molar-refractivity contribution in [3.63, 3.8) is 0 Å². The zero-order valence-electron chi connectivity index (χ0n) is 9.73. The fourth-order valence-electron chi connectivity index (χ4n) is 1.45. The van der Waals surface area contributed by atoms with E-state index in [4.69, 9.17) is 0 Å². The molecule has 0 saturated heterocycles. The second kappa shape index (κ2) is 6.50. The Bertz CT molecular complexity index is 511. The summed E-state index contributed by atoms with van der Waals surface area (Å²) in [4.78, 5) is 24.8. The van der Waals surface area contributed by atoms with E-state index < -0.39 is 40.7 Å². The molecule has 6 nitrogen and oxygen atoms in total. The minimum atomic E-state index is -3.02. The molecule has 0 aliphatic rings. The number of rotatable bonds is 5. The van der Waals surface area contributed by atoms with Gasteiger partial charge in [-0.15, -0.1) is 0 Å². The zero-order chi connectivity index (χ0) is 14.6. The molecule has 0 bridgehead atoms. The normalized spacial score (nSPS) is 10.6. The first-order chi connectivity index (χ1) is 8.88. The minimum Gasteiger partial charge on any atom is -0.466 e. The largest absolute Gasteiger partial charge is 0.466 e. The average molecular weight is 339 g/mol. The quantitative estimate of drug-likeness (QED) is 0.468. The Hall–Kier alpha value is -1.64. The summed E-state index contributed by atoms with van der Waals surface area (Å²) in [5, 5.41) is 10.9. The molecule has 1 rings (SSSR count). The summed E-state index contributed by atoms with van der Waals surface area (Å²) in [6.07, 6.45) is -2.74. The summed E-state index contributed by atoms with van der Waals surface area (Å²) in [6, 6.07) is 0. The van der Waals surface area contributed by atoms with E-state index in [0.29, 0.717) is 0 Å². The highest BCUT2D eigenvalue weighted by Gasteiger charge is 2.29. The highest BCUT2D eigenvalue weighted by atomic mass is 79.9. The molecule has 1 heterocycles. The predicted octanol–water partition coefficient (Wildman–Crippen LogP) is 2.80. The number of ether oxygens (including phenoxy) is 1. The van der Waals surface area contributed by atoms with Gasteiger partial charge in [0.1, 0.15) is 10.2 Å². The molecule has 0 spiro atoms. The van der Waals surface area contributed by atoms with Crippen molar-refractivity contribution < 1.29 is 23.2 Å². The number of hydrogen-bond donors (Lipinski definition) is 0.